The van der Waals surface area contributed by atoms with Crippen molar-refractivity contribution in [2.75, 3.05) is 13.6 Å². The zero-order valence-corrected chi connectivity index (χ0v) is 13.0. The van der Waals surface area contributed by atoms with Crippen LogP contribution in [-0.4, -0.2) is 30.2 Å². The van der Waals surface area contributed by atoms with E-state index >= 15 is 0 Å². The Bertz CT molecular complexity index is 801. The first kappa shape index (κ1) is 12.1. The first-order chi connectivity index (χ1) is 10.3. The van der Waals surface area contributed by atoms with Crippen molar-refractivity contribution in [1.82, 2.24) is 4.90 Å². The Morgan fingerprint density at radius 2 is 2.24 bits per heavy atom. The van der Waals surface area contributed by atoms with E-state index in [4.69, 9.17) is 0 Å². The summed E-state index contributed by atoms with van der Waals surface area (Å²) in [6.07, 6.45) is 7.13. The standard InChI is InChI=1S/C18H18N2S/c1-19-12-6-7-18-8-9-20(16(18)10-12)11-14-13-4-2-3-5-15(13)21-17(14)18/h2-7,16H,8-11H2,1H3/t16-,18+/m0/s1. The Labute approximate surface area is 128 Å². The van der Waals surface area contributed by atoms with Crippen LogP contribution in [0.3, 0.4) is 0 Å². The lowest BCUT2D eigenvalue weighted by Crippen LogP contribution is -2.47. The second-order valence-corrected chi connectivity index (χ2v) is 7.49. The monoisotopic (exact) mass is 294 g/mol. The second-order valence-electron chi connectivity index (χ2n) is 6.43. The molecule has 0 saturated carbocycles. The summed E-state index contributed by atoms with van der Waals surface area (Å²) in [6, 6.07) is 9.54. The minimum absolute atomic E-state index is 0.255. The van der Waals surface area contributed by atoms with Crippen molar-refractivity contribution in [2.24, 2.45) is 4.99 Å². The van der Waals surface area contributed by atoms with Gasteiger partial charge < -0.3 is 0 Å². The molecular formula is C18H18N2S. The molecule has 1 aromatic heterocycles. The summed E-state index contributed by atoms with van der Waals surface area (Å²) in [7, 11) is 1.92. The molecular weight excluding hydrogens is 276 g/mol. The molecule has 1 aromatic carbocycles. The molecule has 0 amide bonds. The van der Waals surface area contributed by atoms with Crippen molar-refractivity contribution < 1.29 is 0 Å². The molecule has 2 nitrogen and oxygen atoms in total. The largest absolute Gasteiger partial charge is 0.294 e. The first-order valence-corrected chi connectivity index (χ1v) is 8.53. The quantitative estimate of drug-likeness (QED) is 0.722. The van der Waals surface area contributed by atoms with Crippen LogP contribution >= 0.6 is 11.3 Å². The average Bonchev–Trinajstić information content (AvgIpc) is 3.04. The van der Waals surface area contributed by atoms with Crippen LogP contribution in [0.4, 0.5) is 0 Å². The smallest absolute Gasteiger partial charge is 0.0405 e. The van der Waals surface area contributed by atoms with Crippen LogP contribution in [0.5, 0.6) is 0 Å². The molecule has 0 N–H and O–H groups in total. The summed E-state index contributed by atoms with van der Waals surface area (Å²) in [6.45, 7) is 2.35. The Kier molecular flexibility index (Phi) is 2.34. The fourth-order valence-electron chi connectivity index (χ4n) is 4.52. The van der Waals surface area contributed by atoms with Gasteiger partial charge in [0.15, 0.2) is 0 Å². The normalized spacial score (nSPS) is 35.2. The highest BCUT2D eigenvalue weighted by Crippen LogP contribution is 2.54. The third-order valence-electron chi connectivity index (χ3n) is 5.59. The molecule has 106 valence electrons. The molecule has 1 fully saturated rings. The van der Waals surface area contributed by atoms with Crippen LogP contribution in [0, 0.1) is 0 Å². The van der Waals surface area contributed by atoms with E-state index in [1.807, 2.05) is 18.4 Å². The number of fused-ring (bicyclic) bond motifs is 3. The van der Waals surface area contributed by atoms with Gasteiger partial charge in [0.2, 0.25) is 0 Å². The lowest BCUT2D eigenvalue weighted by atomic mass is 9.70. The fraction of sp³-hybridized carbons (Fsp3) is 0.389. The highest BCUT2D eigenvalue weighted by molar-refractivity contribution is 7.19. The van der Waals surface area contributed by atoms with E-state index in [0.717, 1.165) is 13.0 Å². The van der Waals surface area contributed by atoms with Gasteiger partial charge in [0.25, 0.3) is 0 Å². The number of hydrogen-bond donors (Lipinski definition) is 0. The lowest BCUT2D eigenvalue weighted by Gasteiger charge is -2.42. The maximum Gasteiger partial charge on any atom is 0.0405 e. The van der Waals surface area contributed by atoms with Crippen molar-refractivity contribution in [2.45, 2.75) is 30.8 Å². The molecule has 0 radical (unpaired) electrons. The van der Waals surface area contributed by atoms with Gasteiger partial charge in [0.05, 0.1) is 0 Å². The molecule has 1 aliphatic carbocycles. The number of nitrogens with zero attached hydrogens (tertiary/aromatic N) is 2. The Morgan fingerprint density at radius 1 is 1.33 bits per heavy atom. The van der Waals surface area contributed by atoms with Crippen molar-refractivity contribution in [1.29, 1.82) is 0 Å². The van der Waals surface area contributed by atoms with E-state index in [1.54, 1.807) is 10.4 Å². The molecule has 1 saturated heterocycles. The number of aliphatic imine (C=N–C) groups is 1. The zero-order chi connectivity index (χ0) is 14.0. The molecule has 3 atom stereocenters. The topological polar surface area (TPSA) is 15.6 Å². The fourth-order valence-corrected chi connectivity index (χ4v) is 5.99. The number of allylic oxidation sites excluding steroid dienone is 1. The Balaban J connectivity index is 1.79. The summed E-state index contributed by atoms with van der Waals surface area (Å²) in [5.74, 6) is 0. The first-order valence-electron chi connectivity index (χ1n) is 7.72. The van der Waals surface area contributed by atoms with Crippen molar-refractivity contribution in [3.05, 3.63) is 46.9 Å². The van der Waals surface area contributed by atoms with Crippen molar-refractivity contribution in [3.8, 4) is 0 Å². The van der Waals surface area contributed by atoms with Gasteiger partial charge in [-0.25, -0.2) is 0 Å². The maximum atomic E-state index is 4.44. The molecule has 2 aliphatic heterocycles. The molecule has 0 spiro atoms. The summed E-state index contributed by atoms with van der Waals surface area (Å²) in [5.41, 5.74) is 3.10. The van der Waals surface area contributed by atoms with Gasteiger partial charge in [-0.3, -0.25) is 9.89 Å². The SMILES string of the molecule is CN=C1C=C[C@]23CCN(Cc4c2sc2ccccc42)[C@H]3C1. The predicted molar refractivity (Wildman–Crippen MR) is 89.4 cm³/mol. The highest BCUT2D eigenvalue weighted by atomic mass is 32.1. The third kappa shape index (κ3) is 1.43. The third-order valence-corrected chi connectivity index (χ3v) is 7.00. The van der Waals surface area contributed by atoms with Gasteiger partial charge >= 0.3 is 0 Å². The van der Waals surface area contributed by atoms with E-state index < -0.39 is 0 Å². The Morgan fingerprint density at radius 3 is 3.14 bits per heavy atom. The van der Waals surface area contributed by atoms with Gasteiger partial charge in [-0.1, -0.05) is 24.3 Å². The Hall–Kier alpha value is -1.45. The molecule has 2 aromatic rings. The number of rotatable bonds is 0. The number of thiophene rings is 1. The summed E-state index contributed by atoms with van der Waals surface area (Å²) >= 11 is 2.03. The van der Waals surface area contributed by atoms with E-state index in [-0.39, 0.29) is 5.41 Å². The highest BCUT2D eigenvalue weighted by Gasteiger charge is 2.53. The van der Waals surface area contributed by atoms with E-state index in [0.29, 0.717) is 6.04 Å². The van der Waals surface area contributed by atoms with E-state index in [1.165, 1.54) is 28.8 Å². The lowest BCUT2D eigenvalue weighted by molar-refractivity contribution is 0.204. The van der Waals surface area contributed by atoms with Gasteiger partial charge in [0.1, 0.15) is 0 Å². The van der Waals surface area contributed by atoms with Crippen LogP contribution in [0.15, 0.2) is 41.4 Å². The minimum Gasteiger partial charge on any atom is -0.294 e. The zero-order valence-electron chi connectivity index (χ0n) is 12.2. The van der Waals surface area contributed by atoms with Gasteiger partial charge in [-0.15, -0.1) is 11.3 Å². The minimum atomic E-state index is 0.255. The summed E-state index contributed by atoms with van der Waals surface area (Å²) < 4.78 is 1.45. The van der Waals surface area contributed by atoms with Crippen LogP contribution < -0.4 is 0 Å². The van der Waals surface area contributed by atoms with Crippen LogP contribution in [0.25, 0.3) is 10.1 Å². The molecule has 21 heavy (non-hydrogen) atoms. The number of hydrogen-bond acceptors (Lipinski definition) is 3. The van der Waals surface area contributed by atoms with Crippen LogP contribution in [0.2, 0.25) is 0 Å². The van der Waals surface area contributed by atoms with Gasteiger partial charge in [-0.05, 0) is 29.5 Å². The summed E-state index contributed by atoms with van der Waals surface area (Å²) in [5, 5.41) is 1.48. The second kappa shape index (κ2) is 4.05. The molecule has 3 heteroatoms. The summed E-state index contributed by atoms with van der Waals surface area (Å²) in [4.78, 5) is 8.76. The van der Waals surface area contributed by atoms with Crippen LogP contribution in [0.1, 0.15) is 23.3 Å². The molecule has 1 unspecified atom stereocenters. The van der Waals surface area contributed by atoms with Crippen molar-refractivity contribution in [3.63, 3.8) is 0 Å². The van der Waals surface area contributed by atoms with Crippen molar-refractivity contribution >= 4 is 27.1 Å². The van der Waals surface area contributed by atoms with Crippen LogP contribution in [-0.2, 0) is 12.0 Å². The predicted octanol–water partition coefficient (Wildman–Crippen LogP) is 3.76. The van der Waals surface area contributed by atoms with Gasteiger partial charge in [-0.2, -0.15) is 0 Å². The van der Waals surface area contributed by atoms with Gasteiger partial charge in [0, 0.05) is 53.3 Å². The molecule has 3 heterocycles. The van der Waals surface area contributed by atoms with E-state index in [2.05, 4.69) is 46.3 Å². The molecule has 3 aliphatic rings. The molecule has 5 rings (SSSR count). The average molecular weight is 294 g/mol. The number of benzene rings is 1. The maximum absolute atomic E-state index is 4.44. The molecule has 2 bridgehead atoms. The van der Waals surface area contributed by atoms with E-state index in [9.17, 15) is 0 Å².